The van der Waals surface area contributed by atoms with Gasteiger partial charge in [0.25, 0.3) is 0 Å². The van der Waals surface area contributed by atoms with Crippen LogP contribution < -0.4 is 9.62 Å². The van der Waals surface area contributed by atoms with Crippen LogP contribution in [0.3, 0.4) is 0 Å². The van der Waals surface area contributed by atoms with E-state index in [4.69, 9.17) is 8.83 Å². The van der Waals surface area contributed by atoms with Crippen LogP contribution in [0.15, 0.2) is 87.8 Å². The number of aromatic nitrogens is 2. The second kappa shape index (κ2) is 13.4. The number of nitrogens with zero attached hydrogens (tertiary/aromatic N) is 3. The van der Waals surface area contributed by atoms with E-state index in [1.54, 1.807) is 36.5 Å². The van der Waals surface area contributed by atoms with Gasteiger partial charge in [0.15, 0.2) is 17.5 Å². The maximum Gasteiger partial charge on any atom is 0.232 e. The number of aliphatic hydroxyl groups excluding tert-OH is 1. The van der Waals surface area contributed by atoms with Crippen LogP contribution in [0, 0.1) is 5.82 Å². The fraction of sp³-hybridized carbons (Fsp3) is 0.182. The summed E-state index contributed by atoms with van der Waals surface area (Å²) in [5.74, 6) is 0.135. The zero-order valence-corrected chi connectivity index (χ0v) is 25.6. The van der Waals surface area contributed by atoms with Crippen molar-refractivity contribution in [1.29, 1.82) is 0 Å². The van der Waals surface area contributed by atoms with E-state index in [1.807, 2.05) is 32.3 Å². The van der Waals surface area contributed by atoms with Crippen molar-refractivity contribution in [3.8, 4) is 33.9 Å². The molecule has 10 nitrogen and oxygen atoms in total. The van der Waals surface area contributed by atoms with Crippen LogP contribution in [-0.2, 0) is 10.0 Å². The SMILES string of the molecule is CNC.CS(=O)(=O)N(CCCO)c1cc2oc(-c3ccc(F)cc3)c(C=O)c2cc1-c1cccc(-c2nc3ncccc3o2)c1. The smallest absolute Gasteiger partial charge is 0.232 e. The molecule has 232 valence electrons. The van der Waals surface area contributed by atoms with E-state index in [0.717, 1.165) is 6.26 Å². The number of aldehydes is 1. The molecule has 0 aliphatic rings. The summed E-state index contributed by atoms with van der Waals surface area (Å²) < 4.78 is 52.8. The Hall–Kier alpha value is -4.91. The van der Waals surface area contributed by atoms with Gasteiger partial charge in [0, 0.05) is 47.5 Å². The number of aliphatic hydroxyl groups is 1. The number of pyridine rings is 1. The quantitative estimate of drug-likeness (QED) is 0.187. The van der Waals surface area contributed by atoms with Gasteiger partial charge in [0.1, 0.15) is 17.2 Å². The Kier molecular flexibility index (Phi) is 9.37. The summed E-state index contributed by atoms with van der Waals surface area (Å²) >= 11 is 0. The lowest BCUT2D eigenvalue weighted by Crippen LogP contribution is -2.31. The molecule has 3 aromatic heterocycles. The molecule has 0 radical (unpaired) electrons. The summed E-state index contributed by atoms with van der Waals surface area (Å²) in [5, 5.41) is 12.7. The zero-order chi connectivity index (χ0) is 32.1. The number of carbonyl (C=O) groups is 1. The highest BCUT2D eigenvalue weighted by molar-refractivity contribution is 7.92. The van der Waals surface area contributed by atoms with E-state index >= 15 is 0 Å². The third-order valence-corrected chi connectivity index (χ3v) is 8.02. The van der Waals surface area contributed by atoms with Crippen molar-refractivity contribution in [2.45, 2.75) is 6.42 Å². The van der Waals surface area contributed by atoms with Crippen LogP contribution in [0.5, 0.6) is 0 Å². The number of hydrogen-bond acceptors (Lipinski definition) is 9. The van der Waals surface area contributed by atoms with Gasteiger partial charge in [0.05, 0.1) is 17.5 Å². The number of furan rings is 1. The van der Waals surface area contributed by atoms with Crippen LogP contribution in [0.1, 0.15) is 16.8 Å². The predicted octanol–water partition coefficient (Wildman–Crippen LogP) is 5.91. The second-order valence-corrected chi connectivity index (χ2v) is 12.1. The number of oxazole rings is 1. The molecule has 0 saturated carbocycles. The number of carbonyl (C=O) groups excluding carboxylic acids is 1. The van der Waals surface area contributed by atoms with E-state index in [2.05, 4.69) is 15.3 Å². The lowest BCUT2D eigenvalue weighted by atomic mass is 9.97. The minimum absolute atomic E-state index is 0.0103. The van der Waals surface area contributed by atoms with Crippen LogP contribution >= 0.6 is 0 Å². The number of hydrogen-bond donors (Lipinski definition) is 2. The predicted molar refractivity (Wildman–Crippen MR) is 172 cm³/mol. The van der Waals surface area contributed by atoms with Gasteiger partial charge in [0.2, 0.25) is 15.9 Å². The van der Waals surface area contributed by atoms with Crippen molar-refractivity contribution in [3.63, 3.8) is 0 Å². The Bertz CT molecular complexity index is 2040. The Morgan fingerprint density at radius 2 is 1.69 bits per heavy atom. The molecule has 45 heavy (non-hydrogen) atoms. The fourth-order valence-electron chi connectivity index (χ4n) is 4.91. The van der Waals surface area contributed by atoms with Crippen molar-refractivity contribution in [3.05, 3.63) is 90.4 Å². The van der Waals surface area contributed by atoms with Crippen molar-refractivity contribution < 1.29 is 31.5 Å². The molecule has 3 heterocycles. The third-order valence-electron chi connectivity index (χ3n) is 6.84. The van der Waals surface area contributed by atoms with Crippen LogP contribution in [0.4, 0.5) is 10.1 Å². The topological polar surface area (TPSA) is 139 Å². The number of halogens is 1. The number of nitrogens with one attached hydrogen (secondary N) is 1. The van der Waals surface area contributed by atoms with Crippen molar-refractivity contribution in [2.24, 2.45) is 0 Å². The van der Waals surface area contributed by atoms with Crippen LogP contribution in [-0.4, -0.2) is 63.3 Å². The first-order chi connectivity index (χ1) is 21.7. The minimum Gasteiger partial charge on any atom is -0.455 e. The highest BCUT2D eigenvalue weighted by Gasteiger charge is 2.25. The molecule has 0 aliphatic carbocycles. The van der Waals surface area contributed by atoms with Crippen LogP contribution in [0.2, 0.25) is 0 Å². The van der Waals surface area contributed by atoms with Gasteiger partial charge in [-0.1, -0.05) is 12.1 Å². The molecule has 0 aliphatic heterocycles. The molecule has 6 rings (SSSR count). The van der Waals surface area contributed by atoms with Gasteiger partial charge in [-0.3, -0.25) is 9.10 Å². The first kappa shape index (κ1) is 31.5. The molecular weight excluding hydrogens is 599 g/mol. The molecule has 6 aromatic rings. The number of anilines is 1. The molecule has 3 aromatic carbocycles. The summed E-state index contributed by atoms with van der Waals surface area (Å²) in [4.78, 5) is 21.0. The van der Waals surface area contributed by atoms with E-state index in [0.29, 0.717) is 56.7 Å². The largest absolute Gasteiger partial charge is 0.455 e. The number of sulfonamides is 1. The summed E-state index contributed by atoms with van der Waals surface area (Å²) in [5.41, 5.74) is 4.03. The maximum absolute atomic E-state index is 13.6. The summed E-state index contributed by atoms with van der Waals surface area (Å²) in [6.45, 7) is -0.202. The molecular formula is C33H31FN4O6S. The van der Waals surface area contributed by atoms with Gasteiger partial charge in [-0.15, -0.1) is 0 Å². The summed E-state index contributed by atoms with van der Waals surface area (Å²) in [6.07, 6.45) is 3.56. The summed E-state index contributed by atoms with van der Waals surface area (Å²) in [6, 6.07) is 19.5. The lowest BCUT2D eigenvalue weighted by molar-refractivity contribution is 0.112. The van der Waals surface area contributed by atoms with Gasteiger partial charge in [-0.2, -0.15) is 4.98 Å². The van der Waals surface area contributed by atoms with Gasteiger partial charge in [-0.25, -0.2) is 17.8 Å². The minimum atomic E-state index is -3.80. The molecule has 0 saturated heterocycles. The van der Waals surface area contributed by atoms with Gasteiger partial charge < -0.3 is 19.3 Å². The van der Waals surface area contributed by atoms with Gasteiger partial charge >= 0.3 is 0 Å². The van der Waals surface area contributed by atoms with Crippen molar-refractivity contribution >= 4 is 44.2 Å². The second-order valence-electron chi connectivity index (χ2n) is 10.2. The van der Waals surface area contributed by atoms with Gasteiger partial charge in [-0.05, 0) is 80.7 Å². The molecule has 0 bridgehead atoms. The Labute approximate surface area is 259 Å². The number of benzene rings is 3. The molecule has 0 unspecified atom stereocenters. The Morgan fingerprint density at radius 1 is 0.956 bits per heavy atom. The standard InChI is InChI=1S/C31H24FN3O6S.C2H7N/c1-42(38,39)35(13-4-14-36)26-17-28-24(25(18-37)29(40-28)19-8-10-22(32)11-9-19)16-23(26)20-5-2-6-21(15-20)31-34-30-27(41-31)7-3-12-33-30;1-3-2/h2-3,5-12,15-18,36H,4,13-14H2,1H3;3H,1-2H3. The zero-order valence-electron chi connectivity index (χ0n) is 24.8. The Morgan fingerprint density at radius 3 is 2.36 bits per heavy atom. The molecule has 2 N–H and O–H groups in total. The lowest BCUT2D eigenvalue weighted by Gasteiger charge is -2.25. The van der Waals surface area contributed by atoms with Crippen molar-refractivity contribution in [2.75, 3.05) is 37.8 Å². The molecule has 0 atom stereocenters. The highest BCUT2D eigenvalue weighted by atomic mass is 32.2. The van der Waals surface area contributed by atoms with E-state index in [1.165, 1.54) is 28.6 Å². The maximum atomic E-state index is 13.6. The molecule has 0 amide bonds. The van der Waals surface area contributed by atoms with Crippen molar-refractivity contribution in [1.82, 2.24) is 15.3 Å². The summed E-state index contributed by atoms with van der Waals surface area (Å²) in [7, 11) is -0.0546. The first-order valence-corrected chi connectivity index (χ1v) is 15.8. The Balaban J connectivity index is 0.00000128. The van der Waals surface area contributed by atoms with Crippen LogP contribution in [0.25, 0.3) is 56.1 Å². The number of rotatable bonds is 9. The average Bonchev–Trinajstić information content (AvgIpc) is 3.62. The van der Waals surface area contributed by atoms with E-state index in [9.17, 15) is 22.7 Å². The highest BCUT2D eigenvalue weighted by Crippen LogP contribution is 2.42. The molecule has 0 fully saturated rings. The number of fused-ring (bicyclic) bond motifs is 2. The average molecular weight is 631 g/mol. The first-order valence-electron chi connectivity index (χ1n) is 14.0. The fourth-order valence-corrected chi connectivity index (χ4v) is 5.88. The third kappa shape index (κ3) is 6.63. The van der Waals surface area contributed by atoms with E-state index < -0.39 is 15.8 Å². The molecule has 0 spiro atoms. The van der Waals surface area contributed by atoms with E-state index in [-0.39, 0.29) is 36.5 Å². The normalized spacial score (nSPS) is 11.4. The monoisotopic (exact) mass is 630 g/mol. The molecule has 12 heteroatoms.